The summed E-state index contributed by atoms with van der Waals surface area (Å²) in [5.41, 5.74) is 9.03. The number of hydrogen-bond acceptors (Lipinski definition) is 1. The minimum Gasteiger partial charge on any atom is -0.396 e. The van der Waals surface area contributed by atoms with Gasteiger partial charge in [0.05, 0.1) is 5.69 Å². The molecule has 0 radical (unpaired) electrons. The largest absolute Gasteiger partial charge is 0.396 e. The predicted octanol–water partition coefficient (Wildman–Crippen LogP) is 4.34. The van der Waals surface area contributed by atoms with Crippen molar-refractivity contribution >= 4 is 5.69 Å². The maximum absolute atomic E-state index is 13.5. The minimum atomic E-state index is -0.346. The molecule has 1 nitrogen and oxygen atoms in total. The molecule has 0 unspecified atom stereocenters. The molecule has 0 heterocycles. The molecule has 1 aliphatic rings. The van der Waals surface area contributed by atoms with Crippen LogP contribution in [0.25, 0.3) is 11.1 Å². The first-order chi connectivity index (χ1) is 8.74. The molecular formula is C16H16FN. The lowest BCUT2D eigenvalue weighted by Crippen LogP contribution is -2.08. The zero-order chi connectivity index (χ0) is 12.5. The fourth-order valence-corrected chi connectivity index (χ4v) is 2.42. The second-order valence-corrected chi connectivity index (χ2v) is 4.99. The van der Waals surface area contributed by atoms with Crippen LogP contribution in [0.5, 0.6) is 0 Å². The summed E-state index contributed by atoms with van der Waals surface area (Å²) in [5, 5.41) is 0. The third kappa shape index (κ3) is 1.99. The van der Waals surface area contributed by atoms with Gasteiger partial charge in [-0.3, -0.25) is 0 Å². The highest BCUT2D eigenvalue weighted by Gasteiger charge is 2.19. The first kappa shape index (κ1) is 11.3. The van der Waals surface area contributed by atoms with Crippen molar-refractivity contribution < 1.29 is 4.39 Å². The third-order valence-electron chi connectivity index (χ3n) is 3.80. The summed E-state index contributed by atoms with van der Waals surface area (Å²) in [6.07, 6.45) is 3.88. The second-order valence-electron chi connectivity index (χ2n) is 4.99. The fourth-order valence-electron chi connectivity index (χ4n) is 2.42. The number of anilines is 1. The number of halogens is 1. The van der Waals surface area contributed by atoms with Gasteiger partial charge in [-0.05, 0) is 47.6 Å². The lowest BCUT2D eigenvalue weighted by atomic mass is 9.79. The zero-order valence-electron chi connectivity index (χ0n) is 10.2. The number of benzene rings is 2. The Balaban J connectivity index is 1.97. The molecule has 18 heavy (non-hydrogen) atoms. The monoisotopic (exact) mass is 241 g/mol. The standard InChI is InChI=1S/C16H16FN/c17-15-10-14(7-8-16(15)18)13-6-2-5-12(9-13)11-3-1-4-11/h2,5-11H,1,3-4,18H2. The Morgan fingerprint density at radius 3 is 2.44 bits per heavy atom. The Hall–Kier alpha value is -1.83. The van der Waals surface area contributed by atoms with Gasteiger partial charge in [-0.2, -0.15) is 0 Å². The summed E-state index contributed by atoms with van der Waals surface area (Å²) in [4.78, 5) is 0. The highest BCUT2D eigenvalue weighted by atomic mass is 19.1. The Kier molecular flexibility index (Phi) is 2.78. The highest BCUT2D eigenvalue weighted by Crippen LogP contribution is 2.37. The van der Waals surface area contributed by atoms with Crippen LogP contribution in [-0.2, 0) is 0 Å². The lowest BCUT2D eigenvalue weighted by Gasteiger charge is -2.26. The SMILES string of the molecule is Nc1ccc(-c2cccc(C3CCC3)c2)cc1F. The first-order valence-corrected chi connectivity index (χ1v) is 6.39. The number of nitrogen functional groups attached to an aromatic ring is 1. The van der Waals surface area contributed by atoms with E-state index < -0.39 is 0 Å². The van der Waals surface area contributed by atoms with Gasteiger partial charge in [-0.25, -0.2) is 4.39 Å². The van der Waals surface area contributed by atoms with Crippen LogP contribution < -0.4 is 5.73 Å². The summed E-state index contributed by atoms with van der Waals surface area (Å²) < 4.78 is 13.5. The van der Waals surface area contributed by atoms with Crippen LogP contribution in [0.4, 0.5) is 10.1 Å². The molecule has 1 saturated carbocycles. The average Bonchev–Trinajstić information content (AvgIpc) is 2.31. The quantitative estimate of drug-likeness (QED) is 0.777. The van der Waals surface area contributed by atoms with Gasteiger partial charge in [0.2, 0.25) is 0 Å². The van der Waals surface area contributed by atoms with Gasteiger partial charge in [0.1, 0.15) is 5.82 Å². The van der Waals surface area contributed by atoms with Crippen molar-refractivity contribution in [1.29, 1.82) is 0 Å². The van der Waals surface area contributed by atoms with Crippen molar-refractivity contribution in [1.82, 2.24) is 0 Å². The average molecular weight is 241 g/mol. The third-order valence-corrected chi connectivity index (χ3v) is 3.80. The molecule has 0 bridgehead atoms. The number of rotatable bonds is 2. The minimum absolute atomic E-state index is 0.203. The summed E-state index contributed by atoms with van der Waals surface area (Å²) in [6, 6.07) is 13.4. The normalized spacial score (nSPS) is 15.4. The molecule has 1 aliphatic carbocycles. The molecule has 2 heteroatoms. The van der Waals surface area contributed by atoms with E-state index >= 15 is 0 Å². The molecule has 0 spiro atoms. The first-order valence-electron chi connectivity index (χ1n) is 6.39. The number of nitrogens with two attached hydrogens (primary N) is 1. The van der Waals surface area contributed by atoms with E-state index in [1.807, 2.05) is 12.1 Å². The Bertz CT molecular complexity index is 573. The van der Waals surface area contributed by atoms with Crippen molar-refractivity contribution in [3.05, 3.63) is 53.8 Å². The van der Waals surface area contributed by atoms with Crippen molar-refractivity contribution in [3.63, 3.8) is 0 Å². The van der Waals surface area contributed by atoms with Gasteiger partial charge in [0, 0.05) is 0 Å². The van der Waals surface area contributed by atoms with Gasteiger partial charge in [0.15, 0.2) is 0 Å². The Morgan fingerprint density at radius 2 is 1.78 bits per heavy atom. The molecule has 0 amide bonds. The van der Waals surface area contributed by atoms with E-state index in [1.165, 1.54) is 30.9 Å². The molecule has 2 aromatic rings. The van der Waals surface area contributed by atoms with Crippen molar-refractivity contribution in [2.45, 2.75) is 25.2 Å². The maximum Gasteiger partial charge on any atom is 0.146 e. The van der Waals surface area contributed by atoms with Crippen LogP contribution in [0.1, 0.15) is 30.7 Å². The van der Waals surface area contributed by atoms with Crippen molar-refractivity contribution in [2.75, 3.05) is 5.73 Å². The van der Waals surface area contributed by atoms with E-state index in [0.29, 0.717) is 5.92 Å². The molecule has 2 aromatic carbocycles. The van der Waals surface area contributed by atoms with E-state index in [0.717, 1.165) is 11.1 Å². The van der Waals surface area contributed by atoms with E-state index in [1.54, 1.807) is 6.07 Å². The topological polar surface area (TPSA) is 26.0 Å². The summed E-state index contributed by atoms with van der Waals surface area (Å²) in [7, 11) is 0. The zero-order valence-corrected chi connectivity index (χ0v) is 10.2. The van der Waals surface area contributed by atoms with Crippen LogP contribution in [-0.4, -0.2) is 0 Å². The van der Waals surface area contributed by atoms with Gasteiger partial charge in [-0.1, -0.05) is 36.8 Å². The summed E-state index contributed by atoms with van der Waals surface area (Å²) in [6.45, 7) is 0. The summed E-state index contributed by atoms with van der Waals surface area (Å²) >= 11 is 0. The van der Waals surface area contributed by atoms with Crippen LogP contribution in [0.3, 0.4) is 0 Å². The van der Waals surface area contributed by atoms with Gasteiger partial charge in [-0.15, -0.1) is 0 Å². The van der Waals surface area contributed by atoms with Gasteiger partial charge >= 0.3 is 0 Å². The molecule has 0 aromatic heterocycles. The van der Waals surface area contributed by atoms with E-state index in [9.17, 15) is 4.39 Å². The lowest BCUT2D eigenvalue weighted by molar-refractivity contribution is 0.420. The van der Waals surface area contributed by atoms with Crippen molar-refractivity contribution in [2.24, 2.45) is 0 Å². The molecule has 3 rings (SSSR count). The van der Waals surface area contributed by atoms with Crippen LogP contribution >= 0.6 is 0 Å². The van der Waals surface area contributed by atoms with E-state index in [2.05, 4.69) is 18.2 Å². The molecular weight excluding hydrogens is 225 g/mol. The Labute approximate surface area is 106 Å². The fraction of sp³-hybridized carbons (Fsp3) is 0.250. The summed E-state index contributed by atoms with van der Waals surface area (Å²) in [5.74, 6) is 0.352. The van der Waals surface area contributed by atoms with Gasteiger partial charge < -0.3 is 5.73 Å². The van der Waals surface area contributed by atoms with Crippen LogP contribution in [0.15, 0.2) is 42.5 Å². The number of hydrogen-bond donors (Lipinski definition) is 1. The maximum atomic E-state index is 13.5. The Morgan fingerprint density at radius 1 is 1.00 bits per heavy atom. The smallest absolute Gasteiger partial charge is 0.146 e. The predicted molar refractivity (Wildman–Crippen MR) is 72.8 cm³/mol. The second kappa shape index (κ2) is 4.45. The molecule has 0 atom stereocenters. The van der Waals surface area contributed by atoms with Crippen molar-refractivity contribution in [3.8, 4) is 11.1 Å². The van der Waals surface area contributed by atoms with Gasteiger partial charge in [0.25, 0.3) is 0 Å². The van der Waals surface area contributed by atoms with Crippen LogP contribution in [0.2, 0.25) is 0 Å². The molecule has 0 saturated heterocycles. The van der Waals surface area contributed by atoms with E-state index in [4.69, 9.17) is 5.73 Å². The molecule has 92 valence electrons. The van der Waals surface area contributed by atoms with Crippen LogP contribution in [0, 0.1) is 5.82 Å². The van der Waals surface area contributed by atoms with E-state index in [-0.39, 0.29) is 11.5 Å². The highest BCUT2D eigenvalue weighted by molar-refractivity contribution is 5.66. The molecule has 1 fully saturated rings. The molecule has 2 N–H and O–H groups in total. The molecule has 0 aliphatic heterocycles.